The molecule has 0 saturated carbocycles. The summed E-state index contributed by atoms with van der Waals surface area (Å²) in [5.74, 6) is -0.958. The molecule has 0 radical (unpaired) electrons. The molecule has 0 fully saturated rings. The summed E-state index contributed by atoms with van der Waals surface area (Å²) in [5.41, 5.74) is 1.66. The lowest BCUT2D eigenvalue weighted by Crippen LogP contribution is -1.89. The molecule has 4 nitrogen and oxygen atoms in total. The lowest BCUT2D eigenvalue weighted by Gasteiger charge is -1.84. The van der Waals surface area contributed by atoms with Crippen molar-refractivity contribution in [3.63, 3.8) is 0 Å². The highest BCUT2D eigenvalue weighted by Gasteiger charge is 1.98. The number of aliphatic carboxylic acids is 1. The van der Waals surface area contributed by atoms with Crippen LogP contribution in [0.3, 0.4) is 0 Å². The summed E-state index contributed by atoms with van der Waals surface area (Å²) in [6, 6.07) is 0. The Labute approximate surface area is 70.1 Å². The Balaban J connectivity index is 2.89. The van der Waals surface area contributed by atoms with Crippen LogP contribution in [-0.2, 0) is 11.8 Å². The summed E-state index contributed by atoms with van der Waals surface area (Å²) < 4.78 is 1.65. The minimum atomic E-state index is -0.958. The lowest BCUT2D eigenvalue weighted by molar-refractivity contribution is -0.131. The summed E-state index contributed by atoms with van der Waals surface area (Å²) in [6.07, 6.45) is 4.40. The average molecular weight is 166 g/mol. The number of hydrogen-bond donors (Lipinski definition) is 1. The third-order valence-electron chi connectivity index (χ3n) is 1.43. The molecule has 1 heterocycles. The largest absolute Gasteiger partial charge is 0.478 e. The summed E-state index contributed by atoms with van der Waals surface area (Å²) >= 11 is 0. The first-order valence-corrected chi connectivity index (χ1v) is 3.51. The van der Waals surface area contributed by atoms with E-state index in [1.807, 2.05) is 13.1 Å². The van der Waals surface area contributed by atoms with Crippen LogP contribution in [0.4, 0.5) is 0 Å². The Morgan fingerprint density at radius 1 is 1.75 bits per heavy atom. The monoisotopic (exact) mass is 166 g/mol. The highest BCUT2D eigenvalue weighted by Crippen LogP contribution is 2.05. The van der Waals surface area contributed by atoms with Crippen molar-refractivity contribution in [3.05, 3.63) is 23.5 Å². The van der Waals surface area contributed by atoms with Crippen LogP contribution in [-0.4, -0.2) is 20.9 Å². The van der Waals surface area contributed by atoms with Gasteiger partial charge in [0.15, 0.2) is 0 Å². The number of carboxylic acids is 1. The molecule has 12 heavy (non-hydrogen) atoms. The molecular formula is C8H10N2O2. The number of aromatic nitrogens is 2. The van der Waals surface area contributed by atoms with Crippen molar-refractivity contribution in [2.75, 3.05) is 0 Å². The predicted molar refractivity (Wildman–Crippen MR) is 44.6 cm³/mol. The summed E-state index contributed by atoms with van der Waals surface area (Å²) in [4.78, 5) is 10.2. The Bertz CT molecular complexity index is 326. The van der Waals surface area contributed by atoms with Gasteiger partial charge in [0.2, 0.25) is 0 Å². The second-order valence-corrected chi connectivity index (χ2v) is 2.54. The van der Waals surface area contributed by atoms with Crippen LogP contribution in [0.15, 0.2) is 12.3 Å². The molecule has 1 rings (SSSR count). The molecule has 0 amide bonds. The molecule has 0 atom stereocenters. The molecular weight excluding hydrogens is 156 g/mol. The van der Waals surface area contributed by atoms with Gasteiger partial charge in [-0.3, -0.25) is 4.68 Å². The van der Waals surface area contributed by atoms with Crippen LogP contribution in [0.1, 0.15) is 11.3 Å². The van der Waals surface area contributed by atoms with Gasteiger partial charge in [-0.1, -0.05) is 0 Å². The van der Waals surface area contributed by atoms with Gasteiger partial charge in [-0.15, -0.1) is 0 Å². The van der Waals surface area contributed by atoms with E-state index in [2.05, 4.69) is 5.10 Å². The number of aryl methyl sites for hydroxylation is 2. The van der Waals surface area contributed by atoms with Gasteiger partial charge in [-0.05, 0) is 18.6 Å². The van der Waals surface area contributed by atoms with E-state index in [1.165, 1.54) is 6.08 Å². The van der Waals surface area contributed by atoms with Crippen molar-refractivity contribution < 1.29 is 9.90 Å². The zero-order chi connectivity index (χ0) is 9.14. The summed E-state index contributed by atoms with van der Waals surface area (Å²) in [6.45, 7) is 1.88. The average Bonchev–Trinajstić information content (AvgIpc) is 2.26. The van der Waals surface area contributed by atoms with Crippen LogP contribution in [0.5, 0.6) is 0 Å². The minimum absolute atomic E-state index is 0.694. The van der Waals surface area contributed by atoms with Crippen molar-refractivity contribution in [2.24, 2.45) is 7.05 Å². The second kappa shape index (κ2) is 3.21. The van der Waals surface area contributed by atoms with E-state index < -0.39 is 5.97 Å². The molecule has 0 saturated heterocycles. The first kappa shape index (κ1) is 8.52. The highest BCUT2D eigenvalue weighted by atomic mass is 16.4. The Morgan fingerprint density at radius 3 is 2.83 bits per heavy atom. The smallest absolute Gasteiger partial charge is 0.328 e. The maximum atomic E-state index is 10.2. The van der Waals surface area contributed by atoms with Gasteiger partial charge in [-0.25, -0.2) is 4.79 Å². The van der Waals surface area contributed by atoms with Crippen LogP contribution < -0.4 is 0 Å². The standard InChI is InChI=1S/C8H10N2O2/c1-6-5-10(2)9-7(6)3-4-8(11)12/h3-5H,1-2H3,(H,11,12)/b4-3+. The minimum Gasteiger partial charge on any atom is -0.478 e. The number of hydrogen-bond acceptors (Lipinski definition) is 2. The quantitative estimate of drug-likeness (QED) is 0.662. The van der Waals surface area contributed by atoms with Gasteiger partial charge < -0.3 is 5.11 Å². The molecule has 1 N–H and O–H groups in total. The lowest BCUT2D eigenvalue weighted by atomic mass is 10.2. The van der Waals surface area contributed by atoms with E-state index in [4.69, 9.17) is 5.11 Å². The molecule has 64 valence electrons. The Kier molecular flexibility index (Phi) is 2.28. The molecule has 0 aliphatic heterocycles. The predicted octanol–water partition coefficient (Wildman–Crippen LogP) is 0.826. The number of carbonyl (C=O) groups is 1. The fourth-order valence-electron chi connectivity index (χ4n) is 0.939. The summed E-state index contributed by atoms with van der Waals surface area (Å²) in [5, 5.41) is 12.4. The molecule has 0 aromatic carbocycles. The fourth-order valence-corrected chi connectivity index (χ4v) is 0.939. The first-order chi connectivity index (χ1) is 5.59. The van der Waals surface area contributed by atoms with E-state index in [-0.39, 0.29) is 0 Å². The van der Waals surface area contributed by atoms with Crippen molar-refractivity contribution in [2.45, 2.75) is 6.92 Å². The molecule has 1 aromatic heterocycles. The third-order valence-corrected chi connectivity index (χ3v) is 1.43. The van der Waals surface area contributed by atoms with E-state index >= 15 is 0 Å². The van der Waals surface area contributed by atoms with Gasteiger partial charge in [0.05, 0.1) is 5.69 Å². The van der Waals surface area contributed by atoms with E-state index in [9.17, 15) is 4.79 Å². The topological polar surface area (TPSA) is 55.1 Å². The maximum absolute atomic E-state index is 10.2. The van der Waals surface area contributed by atoms with Crippen LogP contribution in [0.25, 0.3) is 6.08 Å². The maximum Gasteiger partial charge on any atom is 0.328 e. The molecule has 0 bridgehead atoms. The normalized spacial score (nSPS) is 10.8. The zero-order valence-electron chi connectivity index (χ0n) is 6.98. The fraction of sp³-hybridized carbons (Fsp3) is 0.250. The molecule has 0 unspecified atom stereocenters. The van der Waals surface area contributed by atoms with Crippen molar-refractivity contribution in [3.8, 4) is 0 Å². The summed E-state index contributed by atoms with van der Waals surface area (Å²) in [7, 11) is 1.80. The molecule has 1 aromatic rings. The van der Waals surface area contributed by atoms with Gasteiger partial charge in [0.25, 0.3) is 0 Å². The molecule has 0 spiro atoms. The zero-order valence-corrected chi connectivity index (χ0v) is 6.98. The van der Waals surface area contributed by atoms with Crippen LogP contribution in [0.2, 0.25) is 0 Å². The van der Waals surface area contributed by atoms with Crippen LogP contribution in [0, 0.1) is 6.92 Å². The number of carboxylic acid groups (broad SMARTS) is 1. The van der Waals surface area contributed by atoms with E-state index in [0.29, 0.717) is 5.69 Å². The van der Waals surface area contributed by atoms with Gasteiger partial charge in [0, 0.05) is 19.3 Å². The highest BCUT2D eigenvalue weighted by molar-refractivity contribution is 5.85. The second-order valence-electron chi connectivity index (χ2n) is 2.54. The van der Waals surface area contributed by atoms with Crippen molar-refractivity contribution >= 4 is 12.0 Å². The van der Waals surface area contributed by atoms with Gasteiger partial charge >= 0.3 is 5.97 Å². The molecule has 0 aliphatic carbocycles. The SMILES string of the molecule is Cc1cn(C)nc1/C=C/C(=O)O. The Morgan fingerprint density at radius 2 is 2.42 bits per heavy atom. The third kappa shape index (κ3) is 1.95. The Hall–Kier alpha value is -1.58. The molecule has 0 aliphatic rings. The van der Waals surface area contributed by atoms with Crippen LogP contribution >= 0.6 is 0 Å². The van der Waals surface area contributed by atoms with E-state index in [0.717, 1.165) is 11.6 Å². The number of rotatable bonds is 2. The molecule has 4 heteroatoms. The van der Waals surface area contributed by atoms with Crippen molar-refractivity contribution in [1.82, 2.24) is 9.78 Å². The van der Waals surface area contributed by atoms with Crippen molar-refractivity contribution in [1.29, 1.82) is 0 Å². The van der Waals surface area contributed by atoms with Gasteiger partial charge in [-0.2, -0.15) is 5.10 Å². The number of nitrogens with zero attached hydrogens (tertiary/aromatic N) is 2. The van der Waals surface area contributed by atoms with E-state index in [1.54, 1.807) is 11.7 Å². The first-order valence-electron chi connectivity index (χ1n) is 3.51. The van der Waals surface area contributed by atoms with Gasteiger partial charge in [0.1, 0.15) is 0 Å².